The highest BCUT2D eigenvalue weighted by Gasteiger charge is 2.34. The van der Waals surface area contributed by atoms with Crippen molar-refractivity contribution in [3.63, 3.8) is 0 Å². The maximum Gasteiger partial charge on any atom is 0.281 e. The number of thiocarbonyl (C=S) groups is 1. The van der Waals surface area contributed by atoms with Crippen molar-refractivity contribution in [2.24, 2.45) is 0 Å². The minimum absolute atomic E-state index is 0.166. The van der Waals surface area contributed by atoms with Gasteiger partial charge in [0.1, 0.15) is 11.5 Å². The molecule has 1 aromatic heterocycles. The van der Waals surface area contributed by atoms with Crippen LogP contribution in [0.4, 0.5) is 17.1 Å². The predicted molar refractivity (Wildman–Crippen MR) is 125 cm³/mol. The molecule has 3 aromatic rings. The molecule has 1 aliphatic rings. The second-order valence-electron chi connectivity index (χ2n) is 6.41. The van der Waals surface area contributed by atoms with Gasteiger partial charge in [0.15, 0.2) is 4.32 Å². The number of furan rings is 1. The Hall–Kier alpha value is -3.54. The van der Waals surface area contributed by atoms with Crippen LogP contribution in [0.1, 0.15) is 5.76 Å². The Balaban J connectivity index is 1.64. The van der Waals surface area contributed by atoms with Crippen LogP contribution in [0.3, 0.4) is 0 Å². The lowest BCUT2D eigenvalue weighted by molar-refractivity contribution is -0.384. The Morgan fingerprint density at radius 1 is 1.06 bits per heavy atom. The van der Waals surface area contributed by atoms with Gasteiger partial charge in [-0.2, -0.15) is 0 Å². The van der Waals surface area contributed by atoms with Crippen molar-refractivity contribution >= 4 is 68.9 Å². The van der Waals surface area contributed by atoms with E-state index in [9.17, 15) is 25.0 Å². The summed E-state index contributed by atoms with van der Waals surface area (Å²) >= 11 is 12.1. The molecule has 2 aromatic carbocycles. The summed E-state index contributed by atoms with van der Waals surface area (Å²) in [6.07, 6.45) is 1.46. The highest BCUT2D eigenvalue weighted by molar-refractivity contribution is 8.27. The summed E-state index contributed by atoms with van der Waals surface area (Å²) < 4.78 is 5.91. The molecule has 0 atom stereocenters. The molecule has 0 N–H and O–H groups in total. The minimum atomic E-state index is -0.562. The lowest BCUT2D eigenvalue weighted by atomic mass is 10.1. The van der Waals surface area contributed by atoms with Crippen molar-refractivity contribution in [2.45, 2.75) is 0 Å². The third-order valence-electron chi connectivity index (χ3n) is 4.41. The number of anilines is 1. The zero-order valence-corrected chi connectivity index (χ0v) is 18.1. The fourth-order valence-corrected chi connectivity index (χ4v) is 4.45. The van der Waals surface area contributed by atoms with E-state index in [2.05, 4.69) is 0 Å². The standard InChI is InChI=1S/C20H10ClN3O6S2/c21-11-4-6-15(16(8-11)24(28)29)17-7-5-14(30-17)10-18-19(25)22(20(31)32-18)12-2-1-3-13(9-12)23(26)27/h1-10H/b18-10-. The van der Waals surface area contributed by atoms with Crippen LogP contribution in [0, 0.1) is 20.2 Å². The number of nitro groups is 2. The van der Waals surface area contributed by atoms with Gasteiger partial charge in [-0.15, -0.1) is 0 Å². The first kappa shape index (κ1) is 21.7. The van der Waals surface area contributed by atoms with E-state index in [0.717, 1.165) is 11.8 Å². The van der Waals surface area contributed by atoms with Crippen LogP contribution in [0.5, 0.6) is 0 Å². The van der Waals surface area contributed by atoms with Crippen molar-refractivity contribution in [3.05, 3.63) is 90.5 Å². The molecule has 0 bridgehead atoms. The summed E-state index contributed by atoms with van der Waals surface area (Å²) in [5.74, 6) is 0.0495. The van der Waals surface area contributed by atoms with E-state index in [1.807, 2.05) is 0 Å². The number of thioether (sulfide) groups is 1. The van der Waals surface area contributed by atoms with Crippen molar-refractivity contribution in [3.8, 4) is 11.3 Å². The zero-order valence-electron chi connectivity index (χ0n) is 15.8. The lowest BCUT2D eigenvalue weighted by Crippen LogP contribution is -2.27. The molecule has 12 heteroatoms. The number of rotatable bonds is 5. The smallest absolute Gasteiger partial charge is 0.281 e. The first-order chi connectivity index (χ1) is 15.2. The summed E-state index contributed by atoms with van der Waals surface area (Å²) in [4.78, 5) is 35.6. The Bertz CT molecular complexity index is 1340. The van der Waals surface area contributed by atoms with E-state index >= 15 is 0 Å². The Morgan fingerprint density at radius 2 is 1.84 bits per heavy atom. The molecule has 2 heterocycles. The van der Waals surface area contributed by atoms with Crippen molar-refractivity contribution in [2.75, 3.05) is 4.90 Å². The van der Waals surface area contributed by atoms with Crippen LogP contribution in [-0.2, 0) is 4.79 Å². The normalized spacial score (nSPS) is 14.9. The fraction of sp³-hybridized carbons (Fsp3) is 0. The Labute approximate surface area is 194 Å². The zero-order chi connectivity index (χ0) is 23.0. The van der Waals surface area contributed by atoms with E-state index in [-0.39, 0.29) is 48.4 Å². The highest BCUT2D eigenvalue weighted by Crippen LogP contribution is 2.38. The molecule has 9 nitrogen and oxygen atoms in total. The molecule has 0 radical (unpaired) electrons. The topological polar surface area (TPSA) is 120 Å². The molecule has 4 rings (SSSR count). The fourth-order valence-electron chi connectivity index (χ4n) is 3.00. The second-order valence-corrected chi connectivity index (χ2v) is 8.53. The minimum Gasteiger partial charge on any atom is -0.456 e. The van der Waals surface area contributed by atoms with Crippen LogP contribution < -0.4 is 4.90 Å². The predicted octanol–water partition coefficient (Wildman–Crippen LogP) is 5.82. The first-order valence-corrected chi connectivity index (χ1v) is 10.4. The summed E-state index contributed by atoms with van der Waals surface area (Å²) in [5, 5.41) is 22.6. The highest BCUT2D eigenvalue weighted by atomic mass is 35.5. The number of carbonyl (C=O) groups is 1. The Kier molecular flexibility index (Phi) is 5.78. The average molecular weight is 488 g/mol. The molecule has 160 valence electrons. The summed E-state index contributed by atoms with van der Waals surface area (Å²) in [5.41, 5.74) is 0.140. The molecule has 1 saturated heterocycles. The van der Waals surface area contributed by atoms with Crippen molar-refractivity contribution < 1.29 is 19.1 Å². The van der Waals surface area contributed by atoms with Gasteiger partial charge in [0.2, 0.25) is 0 Å². The van der Waals surface area contributed by atoms with E-state index in [1.165, 1.54) is 47.4 Å². The number of nitrogens with zero attached hydrogens (tertiary/aromatic N) is 3. The van der Waals surface area contributed by atoms with E-state index in [0.29, 0.717) is 0 Å². The maximum atomic E-state index is 12.9. The average Bonchev–Trinajstić information content (AvgIpc) is 3.32. The number of benzene rings is 2. The molecule has 1 amide bonds. The van der Waals surface area contributed by atoms with Crippen molar-refractivity contribution in [1.82, 2.24) is 0 Å². The molecule has 1 fully saturated rings. The van der Waals surface area contributed by atoms with Gasteiger partial charge in [-0.3, -0.25) is 29.9 Å². The summed E-state index contributed by atoms with van der Waals surface area (Å²) in [6, 6.07) is 12.9. The molecule has 0 unspecified atom stereocenters. The van der Waals surface area contributed by atoms with Crippen LogP contribution in [0.2, 0.25) is 5.02 Å². The largest absolute Gasteiger partial charge is 0.456 e. The Morgan fingerprint density at radius 3 is 2.56 bits per heavy atom. The number of amides is 1. The maximum absolute atomic E-state index is 12.9. The van der Waals surface area contributed by atoms with Crippen LogP contribution in [-0.4, -0.2) is 20.1 Å². The molecule has 0 aliphatic carbocycles. The molecular weight excluding hydrogens is 478 g/mol. The quantitative estimate of drug-likeness (QED) is 0.191. The van der Waals surface area contributed by atoms with E-state index < -0.39 is 15.8 Å². The first-order valence-electron chi connectivity index (χ1n) is 8.81. The number of hydrogen-bond donors (Lipinski definition) is 0. The number of nitro benzene ring substituents is 2. The summed E-state index contributed by atoms with van der Waals surface area (Å²) in [6.45, 7) is 0. The SMILES string of the molecule is O=C1/C(=C/c2ccc(-c3ccc(Cl)cc3[N+](=O)[O-])o2)SC(=S)N1c1cccc([N+](=O)[O-])c1. The monoisotopic (exact) mass is 487 g/mol. The van der Waals surface area contributed by atoms with Crippen LogP contribution in [0.25, 0.3) is 17.4 Å². The van der Waals surface area contributed by atoms with Gasteiger partial charge in [0, 0.05) is 29.3 Å². The second kappa shape index (κ2) is 8.54. The van der Waals surface area contributed by atoms with Crippen LogP contribution >= 0.6 is 35.6 Å². The van der Waals surface area contributed by atoms with E-state index in [4.69, 9.17) is 28.2 Å². The van der Waals surface area contributed by atoms with Gasteiger partial charge in [0.05, 0.1) is 26.0 Å². The van der Waals surface area contributed by atoms with Gasteiger partial charge in [-0.25, -0.2) is 0 Å². The molecule has 0 saturated carbocycles. The van der Waals surface area contributed by atoms with Crippen molar-refractivity contribution in [1.29, 1.82) is 0 Å². The van der Waals surface area contributed by atoms with Gasteiger partial charge in [-0.1, -0.05) is 41.6 Å². The third-order valence-corrected chi connectivity index (χ3v) is 5.95. The number of non-ortho nitro benzene ring substituents is 1. The number of halogens is 1. The van der Waals surface area contributed by atoms with Crippen LogP contribution in [0.15, 0.2) is 63.9 Å². The third kappa shape index (κ3) is 4.13. The van der Waals surface area contributed by atoms with Gasteiger partial charge >= 0.3 is 0 Å². The molecular formula is C20H10ClN3O6S2. The van der Waals surface area contributed by atoms with Gasteiger partial charge in [-0.05, 0) is 30.3 Å². The molecule has 1 aliphatic heterocycles. The van der Waals surface area contributed by atoms with E-state index in [1.54, 1.807) is 18.2 Å². The molecule has 32 heavy (non-hydrogen) atoms. The summed E-state index contributed by atoms with van der Waals surface area (Å²) in [7, 11) is 0. The lowest BCUT2D eigenvalue weighted by Gasteiger charge is -2.13. The molecule has 0 spiro atoms. The van der Waals surface area contributed by atoms with Gasteiger partial charge < -0.3 is 4.42 Å². The number of hydrogen-bond acceptors (Lipinski definition) is 8. The number of carbonyl (C=O) groups excluding carboxylic acids is 1. The van der Waals surface area contributed by atoms with Gasteiger partial charge in [0.25, 0.3) is 17.3 Å².